The van der Waals surface area contributed by atoms with Gasteiger partial charge < -0.3 is 15.2 Å². The topological polar surface area (TPSA) is 90.7 Å². The fourth-order valence-corrected chi connectivity index (χ4v) is 3.82. The first kappa shape index (κ1) is 16.5. The fourth-order valence-electron chi connectivity index (χ4n) is 2.19. The maximum atomic E-state index is 12.4. The summed E-state index contributed by atoms with van der Waals surface area (Å²) in [6.07, 6.45) is 1.92. The molecule has 6 nitrogen and oxygen atoms in total. The number of benzene rings is 1. The monoisotopic (exact) mass is 378 g/mol. The summed E-state index contributed by atoms with van der Waals surface area (Å²) in [5.74, 6) is 0.454. The minimum absolute atomic E-state index is 0.0439. The number of nitrogen functional groups attached to an aromatic ring is 1. The summed E-state index contributed by atoms with van der Waals surface area (Å²) in [5, 5.41) is 0. The van der Waals surface area contributed by atoms with Crippen molar-refractivity contribution in [1.29, 1.82) is 0 Å². The zero-order valence-electron chi connectivity index (χ0n) is 11.8. The molecular weight excluding hydrogens is 360 g/mol. The molecule has 1 atom stereocenters. The molecular formula is C13H19BrN2O4S. The second-order valence-electron chi connectivity index (χ2n) is 4.96. The molecule has 3 N–H and O–H groups in total. The van der Waals surface area contributed by atoms with Crippen molar-refractivity contribution in [2.75, 3.05) is 32.6 Å². The normalized spacial score (nSPS) is 19.4. The molecule has 0 aromatic heterocycles. The van der Waals surface area contributed by atoms with Crippen LogP contribution in [0.1, 0.15) is 12.8 Å². The van der Waals surface area contributed by atoms with E-state index in [9.17, 15) is 8.42 Å². The van der Waals surface area contributed by atoms with Crippen LogP contribution in [0.4, 0.5) is 5.69 Å². The Kier molecular flexibility index (Phi) is 5.48. The van der Waals surface area contributed by atoms with Gasteiger partial charge in [0.25, 0.3) is 0 Å². The van der Waals surface area contributed by atoms with E-state index in [0.717, 1.165) is 19.4 Å². The third-order valence-electron chi connectivity index (χ3n) is 3.39. The maximum absolute atomic E-state index is 12.4. The molecule has 1 aliphatic rings. The number of ether oxygens (including phenoxy) is 2. The molecule has 1 aromatic carbocycles. The van der Waals surface area contributed by atoms with Gasteiger partial charge in [-0.15, -0.1) is 0 Å². The van der Waals surface area contributed by atoms with Gasteiger partial charge in [0.2, 0.25) is 10.0 Å². The van der Waals surface area contributed by atoms with Crippen LogP contribution >= 0.6 is 15.9 Å². The van der Waals surface area contributed by atoms with E-state index >= 15 is 0 Å². The van der Waals surface area contributed by atoms with Crippen LogP contribution in [0.15, 0.2) is 21.5 Å². The minimum Gasteiger partial charge on any atom is -0.495 e. The van der Waals surface area contributed by atoms with Gasteiger partial charge in [-0.2, -0.15) is 0 Å². The lowest BCUT2D eigenvalue weighted by atomic mass is 10.0. The molecule has 1 aromatic rings. The number of hydrogen-bond donors (Lipinski definition) is 2. The van der Waals surface area contributed by atoms with Crippen LogP contribution in [0.3, 0.4) is 0 Å². The van der Waals surface area contributed by atoms with E-state index in [0.29, 0.717) is 23.3 Å². The van der Waals surface area contributed by atoms with Crippen LogP contribution in [0.5, 0.6) is 5.75 Å². The van der Waals surface area contributed by atoms with Crippen LogP contribution in [-0.4, -0.2) is 35.3 Å². The van der Waals surface area contributed by atoms with Gasteiger partial charge in [0.15, 0.2) is 0 Å². The lowest BCUT2D eigenvalue weighted by molar-refractivity contribution is 0.0568. The van der Waals surface area contributed by atoms with E-state index in [2.05, 4.69) is 20.7 Å². The van der Waals surface area contributed by atoms with Crippen molar-refractivity contribution in [2.24, 2.45) is 5.92 Å². The number of nitrogens with two attached hydrogens (primary N) is 1. The standard InChI is InChI=1S/C13H19BrN2O4S/c1-19-12-5-10(14)11(15)6-13(12)21(17,18)16-7-9-3-2-4-20-8-9/h5-6,9,16H,2-4,7-8,15H2,1H3. The summed E-state index contributed by atoms with van der Waals surface area (Å²) >= 11 is 3.25. The van der Waals surface area contributed by atoms with Gasteiger partial charge >= 0.3 is 0 Å². The summed E-state index contributed by atoms with van der Waals surface area (Å²) < 4.78 is 38.5. The van der Waals surface area contributed by atoms with Crippen LogP contribution in [0.25, 0.3) is 0 Å². The SMILES string of the molecule is COc1cc(Br)c(N)cc1S(=O)(=O)NCC1CCCOC1. The Morgan fingerprint density at radius 3 is 2.90 bits per heavy atom. The zero-order chi connectivity index (χ0) is 15.5. The number of sulfonamides is 1. The predicted octanol–water partition coefficient (Wildman–Crippen LogP) is 1.74. The first-order valence-corrected chi connectivity index (χ1v) is 8.92. The van der Waals surface area contributed by atoms with Crippen LogP contribution in [0.2, 0.25) is 0 Å². The quantitative estimate of drug-likeness (QED) is 0.761. The molecule has 8 heteroatoms. The molecule has 2 rings (SSSR count). The maximum Gasteiger partial charge on any atom is 0.244 e. The molecule has 1 aliphatic heterocycles. The highest BCUT2D eigenvalue weighted by Gasteiger charge is 2.23. The lowest BCUT2D eigenvalue weighted by Gasteiger charge is -2.22. The van der Waals surface area contributed by atoms with Gasteiger partial charge in [-0.25, -0.2) is 13.1 Å². The van der Waals surface area contributed by atoms with Crippen molar-refractivity contribution in [2.45, 2.75) is 17.7 Å². The molecule has 1 fully saturated rings. The van der Waals surface area contributed by atoms with Gasteiger partial charge in [-0.3, -0.25) is 0 Å². The van der Waals surface area contributed by atoms with E-state index in [1.165, 1.54) is 13.2 Å². The number of methoxy groups -OCH3 is 1. The lowest BCUT2D eigenvalue weighted by Crippen LogP contribution is -2.33. The Hall–Kier alpha value is -0.830. The van der Waals surface area contributed by atoms with Crippen molar-refractivity contribution < 1.29 is 17.9 Å². The van der Waals surface area contributed by atoms with Gasteiger partial charge in [0.1, 0.15) is 10.6 Å². The van der Waals surface area contributed by atoms with Crippen molar-refractivity contribution in [3.8, 4) is 5.75 Å². The summed E-state index contributed by atoms with van der Waals surface area (Å²) in [7, 11) is -2.25. The molecule has 1 unspecified atom stereocenters. The smallest absolute Gasteiger partial charge is 0.244 e. The highest BCUT2D eigenvalue weighted by Crippen LogP contribution is 2.32. The van der Waals surface area contributed by atoms with Crippen molar-refractivity contribution in [3.05, 3.63) is 16.6 Å². The van der Waals surface area contributed by atoms with Crippen molar-refractivity contribution in [3.63, 3.8) is 0 Å². The number of halogens is 1. The molecule has 1 saturated heterocycles. The van der Waals surface area contributed by atoms with Crippen molar-refractivity contribution in [1.82, 2.24) is 4.72 Å². The number of hydrogen-bond acceptors (Lipinski definition) is 5. The van der Waals surface area contributed by atoms with E-state index in [1.54, 1.807) is 6.07 Å². The average Bonchev–Trinajstić information content (AvgIpc) is 2.48. The number of rotatable bonds is 5. The highest BCUT2D eigenvalue weighted by molar-refractivity contribution is 9.10. The van der Waals surface area contributed by atoms with E-state index in [4.69, 9.17) is 15.2 Å². The van der Waals surface area contributed by atoms with Crippen LogP contribution in [0, 0.1) is 5.92 Å². The van der Waals surface area contributed by atoms with Gasteiger partial charge in [-0.05, 0) is 46.8 Å². The third-order valence-corrected chi connectivity index (χ3v) is 5.52. The van der Waals surface area contributed by atoms with E-state index in [-0.39, 0.29) is 16.6 Å². The molecule has 0 amide bonds. The van der Waals surface area contributed by atoms with Gasteiger partial charge in [0.05, 0.1) is 13.7 Å². The Morgan fingerprint density at radius 2 is 2.29 bits per heavy atom. The fraction of sp³-hybridized carbons (Fsp3) is 0.538. The molecule has 118 valence electrons. The van der Waals surface area contributed by atoms with E-state index in [1.807, 2.05) is 0 Å². The Labute approximate surface area is 133 Å². The number of nitrogens with one attached hydrogen (secondary N) is 1. The van der Waals surface area contributed by atoms with Gasteiger partial charge in [0, 0.05) is 23.3 Å². The predicted molar refractivity (Wildman–Crippen MR) is 83.8 cm³/mol. The van der Waals surface area contributed by atoms with Gasteiger partial charge in [-0.1, -0.05) is 0 Å². The van der Waals surface area contributed by atoms with Crippen molar-refractivity contribution >= 4 is 31.6 Å². The molecule has 21 heavy (non-hydrogen) atoms. The molecule has 0 aliphatic carbocycles. The Bertz CT molecular complexity index is 600. The average molecular weight is 379 g/mol. The summed E-state index contributed by atoms with van der Waals surface area (Å²) in [5.41, 5.74) is 6.11. The molecule has 1 heterocycles. The van der Waals surface area contributed by atoms with E-state index < -0.39 is 10.0 Å². The van der Waals surface area contributed by atoms with Crippen LogP contribution < -0.4 is 15.2 Å². The second kappa shape index (κ2) is 6.95. The molecule has 0 bridgehead atoms. The Balaban J connectivity index is 2.16. The van der Waals surface area contributed by atoms with Crippen LogP contribution in [-0.2, 0) is 14.8 Å². The third kappa shape index (κ3) is 4.09. The first-order valence-electron chi connectivity index (χ1n) is 6.64. The minimum atomic E-state index is -3.67. The summed E-state index contributed by atoms with van der Waals surface area (Å²) in [6.45, 7) is 1.68. The molecule has 0 spiro atoms. The highest BCUT2D eigenvalue weighted by atomic mass is 79.9. The summed E-state index contributed by atoms with van der Waals surface area (Å²) in [6, 6.07) is 2.94. The second-order valence-corrected chi connectivity index (χ2v) is 7.55. The first-order chi connectivity index (χ1) is 9.94. The summed E-state index contributed by atoms with van der Waals surface area (Å²) in [4.78, 5) is 0.0439. The Morgan fingerprint density at radius 1 is 1.52 bits per heavy atom. The number of anilines is 1. The molecule has 0 saturated carbocycles. The zero-order valence-corrected chi connectivity index (χ0v) is 14.2. The largest absolute Gasteiger partial charge is 0.495 e. The molecule has 0 radical (unpaired) electrons.